The van der Waals surface area contributed by atoms with E-state index < -0.39 is 48.3 Å². The van der Waals surface area contributed by atoms with E-state index in [1.165, 1.54) is 24.3 Å². The van der Waals surface area contributed by atoms with Crippen LogP contribution in [0.25, 0.3) is 0 Å². The van der Waals surface area contributed by atoms with Crippen LogP contribution >= 0.6 is 0 Å². The molecule has 1 atom stereocenters. The van der Waals surface area contributed by atoms with Crippen molar-refractivity contribution in [1.82, 2.24) is 10.6 Å². The van der Waals surface area contributed by atoms with Crippen LogP contribution in [0.1, 0.15) is 41.9 Å². The maximum Gasteiger partial charge on any atom is 0.356 e. The van der Waals surface area contributed by atoms with E-state index >= 15 is 0 Å². The predicted octanol–water partition coefficient (Wildman–Crippen LogP) is 2.83. The van der Waals surface area contributed by atoms with Crippen LogP contribution in [0, 0.1) is 0 Å². The van der Waals surface area contributed by atoms with Crippen LogP contribution in [0.5, 0.6) is 5.75 Å². The lowest BCUT2D eigenvalue weighted by Gasteiger charge is -2.21. The fraction of sp³-hybridized carbons (Fsp3) is 0.258. The number of carbonyl (C=O) groups is 5. The first-order valence-electron chi connectivity index (χ1n) is 13.2. The van der Waals surface area contributed by atoms with Crippen LogP contribution in [-0.4, -0.2) is 63.7 Å². The van der Waals surface area contributed by atoms with Crippen LogP contribution in [0.2, 0.25) is 0 Å². The molecule has 11 nitrogen and oxygen atoms in total. The number of amides is 2. The Hall–Kier alpha value is -5.19. The molecule has 0 saturated carbocycles. The van der Waals surface area contributed by atoms with Gasteiger partial charge in [-0.25, -0.2) is 9.59 Å². The third-order valence-electron chi connectivity index (χ3n) is 6.42. The first-order valence-corrected chi connectivity index (χ1v) is 13.2. The van der Waals surface area contributed by atoms with Gasteiger partial charge in [-0.3, -0.25) is 14.4 Å². The number of aliphatic carboxylic acids is 3. The largest absolute Gasteiger partial charge is 0.481 e. The van der Waals surface area contributed by atoms with E-state index in [-0.39, 0.29) is 24.5 Å². The number of hydrogen-bond donors (Lipinski definition) is 5. The molecule has 0 aliphatic rings. The van der Waals surface area contributed by atoms with Gasteiger partial charge in [0.1, 0.15) is 11.8 Å². The molecule has 0 aliphatic heterocycles. The smallest absolute Gasteiger partial charge is 0.356 e. The van der Waals surface area contributed by atoms with Crippen LogP contribution < -0.4 is 15.4 Å². The Morgan fingerprint density at radius 1 is 0.714 bits per heavy atom. The molecule has 3 aromatic carbocycles. The van der Waals surface area contributed by atoms with E-state index in [9.17, 15) is 24.0 Å². The third-order valence-corrected chi connectivity index (χ3v) is 6.42. The number of carboxylic acid groups (broad SMARTS) is 3. The quantitative estimate of drug-likeness (QED) is 0.160. The Morgan fingerprint density at radius 2 is 1.26 bits per heavy atom. The number of carboxylic acids is 3. The second-order valence-corrected chi connectivity index (χ2v) is 9.49. The van der Waals surface area contributed by atoms with Crippen LogP contribution in [-0.2, 0) is 30.4 Å². The number of nitrogens with one attached hydrogen (secondary N) is 2. The molecule has 0 aromatic heterocycles. The maximum atomic E-state index is 13.2. The Morgan fingerprint density at radius 3 is 1.76 bits per heavy atom. The molecule has 1 unspecified atom stereocenters. The van der Waals surface area contributed by atoms with Crippen molar-refractivity contribution < 1.29 is 44.0 Å². The number of ether oxygens (including phenoxy) is 1. The second kappa shape index (κ2) is 15.6. The standard InChI is InChI=1S/C31H32N2O9/c34-26(15-16-27(35)36)33-25(19-20-11-13-23(14-12-20)42-28(30(38)39)31(40)41)29(37)32-18-17-24(21-7-3-1-4-8-21)22-9-5-2-6-10-22/h1-14,24-25,28H,15-19H2,(H,32,37)(H,33,34)(H,35,36)(H,38,39)(H,40,41). The van der Waals surface area contributed by atoms with Crippen LogP contribution in [0.4, 0.5) is 0 Å². The molecule has 0 bridgehead atoms. The zero-order valence-electron chi connectivity index (χ0n) is 22.6. The summed E-state index contributed by atoms with van der Waals surface area (Å²) in [5.74, 6) is -5.51. The summed E-state index contributed by atoms with van der Waals surface area (Å²) in [5, 5.41) is 32.4. The summed E-state index contributed by atoms with van der Waals surface area (Å²) in [7, 11) is 0. The van der Waals surface area contributed by atoms with Gasteiger partial charge in [-0.1, -0.05) is 72.8 Å². The minimum absolute atomic E-state index is 0.00656. The Bertz CT molecular complexity index is 1310. The summed E-state index contributed by atoms with van der Waals surface area (Å²) in [6.07, 6.45) is -2.16. The van der Waals surface area contributed by atoms with Gasteiger partial charge >= 0.3 is 17.9 Å². The Balaban J connectivity index is 1.70. The highest BCUT2D eigenvalue weighted by atomic mass is 16.5. The zero-order valence-corrected chi connectivity index (χ0v) is 22.6. The van der Waals surface area contributed by atoms with Crippen molar-refractivity contribution in [2.24, 2.45) is 0 Å². The van der Waals surface area contributed by atoms with E-state index in [1.807, 2.05) is 60.7 Å². The normalized spacial score (nSPS) is 11.5. The molecule has 0 heterocycles. The molecular weight excluding hydrogens is 544 g/mol. The molecular formula is C31H32N2O9. The average molecular weight is 577 g/mol. The highest BCUT2D eigenvalue weighted by Gasteiger charge is 2.28. The van der Waals surface area contributed by atoms with Crippen molar-refractivity contribution in [2.45, 2.75) is 43.7 Å². The van der Waals surface area contributed by atoms with E-state index in [0.29, 0.717) is 18.5 Å². The molecule has 3 aromatic rings. The molecule has 0 fully saturated rings. The summed E-state index contributed by atoms with van der Waals surface area (Å²) < 4.78 is 5.01. The number of hydrogen-bond acceptors (Lipinski definition) is 6. The first kappa shape index (κ1) is 31.3. The van der Waals surface area contributed by atoms with Crippen LogP contribution in [0.15, 0.2) is 84.9 Å². The predicted molar refractivity (Wildman–Crippen MR) is 151 cm³/mol. The lowest BCUT2D eigenvalue weighted by molar-refractivity contribution is -0.159. The second-order valence-electron chi connectivity index (χ2n) is 9.49. The van der Waals surface area contributed by atoms with Gasteiger partial charge in [0, 0.05) is 25.3 Å². The molecule has 11 heteroatoms. The molecule has 2 amide bonds. The maximum absolute atomic E-state index is 13.2. The Labute approximate surface area is 242 Å². The molecule has 5 N–H and O–H groups in total. The minimum Gasteiger partial charge on any atom is -0.481 e. The van der Waals surface area contributed by atoms with E-state index in [1.54, 1.807) is 0 Å². The summed E-state index contributed by atoms with van der Waals surface area (Å²) in [4.78, 5) is 58.8. The number of benzene rings is 3. The molecule has 42 heavy (non-hydrogen) atoms. The lowest BCUT2D eigenvalue weighted by Crippen LogP contribution is -2.48. The van der Waals surface area contributed by atoms with Gasteiger partial charge in [0.05, 0.1) is 6.42 Å². The summed E-state index contributed by atoms with van der Waals surface area (Å²) in [6.45, 7) is 0.299. The summed E-state index contributed by atoms with van der Waals surface area (Å²) in [5.41, 5.74) is 2.74. The van der Waals surface area contributed by atoms with Gasteiger partial charge < -0.3 is 30.7 Å². The third kappa shape index (κ3) is 9.77. The van der Waals surface area contributed by atoms with Crippen molar-refractivity contribution in [2.75, 3.05) is 6.54 Å². The van der Waals surface area contributed by atoms with Crippen molar-refractivity contribution in [3.63, 3.8) is 0 Å². The van der Waals surface area contributed by atoms with Gasteiger partial charge in [-0.15, -0.1) is 0 Å². The molecule has 0 spiro atoms. The summed E-state index contributed by atoms with van der Waals surface area (Å²) in [6, 6.07) is 24.5. The minimum atomic E-state index is -2.08. The van der Waals surface area contributed by atoms with Crippen molar-refractivity contribution in [3.05, 3.63) is 102 Å². The van der Waals surface area contributed by atoms with Crippen molar-refractivity contribution in [1.29, 1.82) is 0 Å². The van der Waals surface area contributed by atoms with Crippen LogP contribution in [0.3, 0.4) is 0 Å². The molecule has 3 rings (SSSR count). The highest BCUT2D eigenvalue weighted by molar-refractivity contribution is 5.96. The van der Waals surface area contributed by atoms with E-state index in [4.69, 9.17) is 20.1 Å². The van der Waals surface area contributed by atoms with Gasteiger partial charge in [0.25, 0.3) is 6.10 Å². The van der Waals surface area contributed by atoms with Gasteiger partial charge in [0.2, 0.25) is 11.8 Å². The number of carbonyl (C=O) groups excluding carboxylic acids is 2. The van der Waals surface area contributed by atoms with Crippen molar-refractivity contribution >= 4 is 29.7 Å². The topological polar surface area (TPSA) is 179 Å². The molecule has 0 radical (unpaired) electrons. The number of rotatable bonds is 16. The van der Waals surface area contributed by atoms with E-state index in [2.05, 4.69) is 10.6 Å². The Kier molecular flexibility index (Phi) is 11.6. The zero-order chi connectivity index (χ0) is 30.5. The summed E-state index contributed by atoms with van der Waals surface area (Å²) >= 11 is 0. The van der Waals surface area contributed by atoms with Gasteiger partial charge in [-0.2, -0.15) is 0 Å². The van der Waals surface area contributed by atoms with Gasteiger partial charge in [-0.05, 0) is 35.2 Å². The van der Waals surface area contributed by atoms with Gasteiger partial charge in [0.15, 0.2) is 0 Å². The molecule has 220 valence electrons. The molecule has 0 aliphatic carbocycles. The fourth-order valence-electron chi connectivity index (χ4n) is 4.34. The monoisotopic (exact) mass is 576 g/mol. The fourth-order valence-corrected chi connectivity index (χ4v) is 4.34. The average Bonchev–Trinajstić information content (AvgIpc) is 2.98. The molecule has 0 saturated heterocycles. The first-order chi connectivity index (χ1) is 20.1. The highest BCUT2D eigenvalue weighted by Crippen LogP contribution is 2.27. The van der Waals surface area contributed by atoms with E-state index in [0.717, 1.165) is 11.1 Å². The van der Waals surface area contributed by atoms with Crippen molar-refractivity contribution in [3.8, 4) is 5.75 Å². The lowest BCUT2D eigenvalue weighted by atomic mass is 9.88. The SMILES string of the molecule is O=C(O)CCC(=O)NC(Cc1ccc(OC(C(=O)O)C(=O)O)cc1)C(=O)NCCC(c1ccccc1)c1ccccc1.